The van der Waals surface area contributed by atoms with Gasteiger partial charge in [0.1, 0.15) is 11.9 Å². The molecular weight excluding hydrogens is 352 g/mol. The molecule has 6 nitrogen and oxygen atoms in total. The van der Waals surface area contributed by atoms with Crippen LogP contribution in [0.1, 0.15) is 34.6 Å². The zero-order valence-corrected chi connectivity index (χ0v) is 17.1. The Balaban J connectivity index is 2.58. The lowest BCUT2D eigenvalue weighted by Gasteiger charge is -2.22. The Morgan fingerprint density at radius 1 is 1.15 bits per heavy atom. The monoisotopic (exact) mass is 382 g/mol. The van der Waals surface area contributed by atoms with Gasteiger partial charge in [0, 0.05) is 18.1 Å². The number of hydrogen-bond donors (Lipinski definition) is 3. The van der Waals surface area contributed by atoms with Crippen LogP contribution < -0.4 is 20.7 Å². The Kier molecular flexibility index (Phi) is 9.27. The Labute approximate surface area is 161 Å². The van der Waals surface area contributed by atoms with Gasteiger partial charge in [-0.15, -0.1) is 0 Å². The normalized spacial score (nSPS) is 13.1. The van der Waals surface area contributed by atoms with Crippen molar-refractivity contribution in [3.63, 3.8) is 0 Å². The van der Waals surface area contributed by atoms with Crippen molar-refractivity contribution < 1.29 is 9.53 Å². The van der Waals surface area contributed by atoms with Crippen molar-refractivity contribution >= 4 is 23.5 Å². The van der Waals surface area contributed by atoms with Crippen LogP contribution >= 0.6 is 11.6 Å². The van der Waals surface area contributed by atoms with Crippen LogP contribution in [0, 0.1) is 5.41 Å². The highest BCUT2D eigenvalue weighted by Gasteiger charge is 2.26. The largest absolute Gasteiger partial charge is 0.489 e. The average molecular weight is 383 g/mol. The molecule has 7 heteroatoms. The molecule has 0 spiro atoms. The van der Waals surface area contributed by atoms with Gasteiger partial charge in [-0.3, -0.25) is 9.79 Å². The number of benzene rings is 1. The number of guanidine groups is 1. The first kappa shape index (κ1) is 22.1. The third kappa shape index (κ3) is 7.95. The fourth-order valence-corrected chi connectivity index (χ4v) is 2.24. The molecule has 146 valence electrons. The zero-order chi connectivity index (χ0) is 19.6. The second kappa shape index (κ2) is 10.9. The van der Waals surface area contributed by atoms with Gasteiger partial charge >= 0.3 is 0 Å². The van der Waals surface area contributed by atoms with Crippen molar-refractivity contribution in [2.45, 2.75) is 40.7 Å². The minimum atomic E-state index is -0.566. The maximum Gasteiger partial charge on any atom is 0.227 e. The molecule has 0 aliphatic carbocycles. The van der Waals surface area contributed by atoms with E-state index in [9.17, 15) is 4.79 Å². The van der Waals surface area contributed by atoms with Gasteiger partial charge in [-0.05, 0) is 58.9 Å². The lowest BCUT2D eigenvalue weighted by molar-refractivity contribution is -0.128. The number of carbonyl (C=O) groups excluding carboxylic acids is 1. The van der Waals surface area contributed by atoms with E-state index in [1.807, 2.05) is 46.8 Å². The summed E-state index contributed by atoms with van der Waals surface area (Å²) in [6.07, 6.45) is -0.0589. The number of amides is 1. The number of carbonyl (C=O) groups is 1. The molecule has 1 unspecified atom stereocenters. The minimum Gasteiger partial charge on any atom is -0.489 e. The van der Waals surface area contributed by atoms with Gasteiger partial charge in [0.05, 0.1) is 18.5 Å². The van der Waals surface area contributed by atoms with Crippen LogP contribution in [0.25, 0.3) is 0 Å². The van der Waals surface area contributed by atoms with Crippen molar-refractivity contribution in [1.82, 2.24) is 16.0 Å². The SMILES string of the molecule is CCNC(=O)C(C)(C)CN=C(NCC)NCC(C)Oc1ccc(Cl)cc1. The highest BCUT2D eigenvalue weighted by atomic mass is 35.5. The Bertz CT molecular complexity index is 588. The summed E-state index contributed by atoms with van der Waals surface area (Å²) in [5.41, 5.74) is -0.566. The van der Waals surface area contributed by atoms with E-state index in [4.69, 9.17) is 16.3 Å². The number of ether oxygens (including phenoxy) is 1. The molecule has 1 rings (SSSR count). The minimum absolute atomic E-state index is 0.000891. The molecule has 1 amide bonds. The highest BCUT2D eigenvalue weighted by molar-refractivity contribution is 6.30. The number of halogens is 1. The molecule has 1 atom stereocenters. The van der Waals surface area contributed by atoms with E-state index < -0.39 is 5.41 Å². The summed E-state index contributed by atoms with van der Waals surface area (Å²) >= 11 is 5.88. The topological polar surface area (TPSA) is 74.8 Å². The molecule has 0 bridgehead atoms. The summed E-state index contributed by atoms with van der Waals surface area (Å²) in [4.78, 5) is 16.6. The number of rotatable bonds is 9. The predicted molar refractivity (Wildman–Crippen MR) is 108 cm³/mol. The maximum absolute atomic E-state index is 12.1. The zero-order valence-electron chi connectivity index (χ0n) is 16.4. The molecule has 0 aromatic heterocycles. The first-order valence-electron chi connectivity index (χ1n) is 9.01. The third-order valence-corrected chi connectivity index (χ3v) is 3.89. The number of nitrogens with zero attached hydrogens (tertiary/aromatic N) is 1. The van der Waals surface area contributed by atoms with Gasteiger partial charge in [0.2, 0.25) is 5.91 Å². The fraction of sp³-hybridized carbons (Fsp3) is 0.579. The number of hydrogen-bond acceptors (Lipinski definition) is 3. The molecule has 0 saturated heterocycles. The second-order valence-electron chi connectivity index (χ2n) is 6.70. The Morgan fingerprint density at radius 2 is 1.77 bits per heavy atom. The number of aliphatic imine (C=N–C) groups is 1. The van der Waals surface area contributed by atoms with Crippen LogP contribution in [0.5, 0.6) is 5.75 Å². The quantitative estimate of drug-likeness (QED) is 0.453. The van der Waals surface area contributed by atoms with E-state index in [2.05, 4.69) is 20.9 Å². The lowest BCUT2D eigenvalue weighted by atomic mass is 9.92. The van der Waals surface area contributed by atoms with Gasteiger partial charge in [0.15, 0.2) is 5.96 Å². The summed E-state index contributed by atoms with van der Waals surface area (Å²) in [7, 11) is 0. The molecule has 0 aliphatic rings. The van der Waals surface area contributed by atoms with Gasteiger partial charge in [0.25, 0.3) is 0 Å². The van der Waals surface area contributed by atoms with Crippen LogP contribution in [0.4, 0.5) is 0 Å². The summed E-state index contributed by atoms with van der Waals surface area (Å²) < 4.78 is 5.85. The Morgan fingerprint density at radius 3 is 2.35 bits per heavy atom. The van der Waals surface area contributed by atoms with E-state index in [0.717, 1.165) is 12.3 Å². The first-order valence-corrected chi connectivity index (χ1v) is 9.39. The predicted octanol–water partition coefficient (Wildman–Crippen LogP) is 2.82. The van der Waals surface area contributed by atoms with E-state index in [-0.39, 0.29) is 12.0 Å². The van der Waals surface area contributed by atoms with Gasteiger partial charge in [-0.2, -0.15) is 0 Å². The molecule has 1 aromatic carbocycles. The van der Waals surface area contributed by atoms with E-state index in [1.54, 1.807) is 12.1 Å². The first-order chi connectivity index (χ1) is 12.3. The van der Waals surface area contributed by atoms with Crippen LogP contribution in [0.15, 0.2) is 29.3 Å². The van der Waals surface area contributed by atoms with E-state index in [1.165, 1.54) is 0 Å². The summed E-state index contributed by atoms with van der Waals surface area (Å²) in [5.74, 6) is 1.43. The Hall–Kier alpha value is -1.95. The summed E-state index contributed by atoms with van der Waals surface area (Å²) in [5, 5.41) is 9.96. The number of nitrogens with one attached hydrogen (secondary N) is 3. The van der Waals surface area contributed by atoms with Crippen LogP contribution in [0.2, 0.25) is 5.02 Å². The molecule has 0 fully saturated rings. The van der Waals surface area contributed by atoms with Crippen molar-refractivity contribution in [3.05, 3.63) is 29.3 Å². The fourth-order valence-electron chi connectivity index (χ4n) is 2.12. The van der Waals surface area contributed by atoms with Crippen molar-refractivity contribution in [2.24, 2.45) is 10.4 Å². The van der Waals surface area contributed by atoms with Gasteiger partial charge < -0.3 is 20.7 Å². The molecular formula is C19H31ClN4O2. The van der Waals surface area contributed by atoms with Crippen LogP contribution in [0.3, 0.4) is 0 Å². The van der Waals surface area contributed by atoms with Gasteiger partial charge in [-0.25, -0.2) is 0 Å². The van der Waals surface area contributed by atoms with Crippen molar-refractivity contribution in [1.29, 1.82) is 0 Å². The molecule has 0 radical (unpaired) electrons. The summed E-state index contributed by atoms with van der Waals surface area (Å²) in [6, 6.07) is 7.28. The smallest absolute Gasteiger partial charge is 0.227 e. The summed E-state index contributed by atoms with van der Waals surface area (Å²) in [6.45, 7) is 12.0. The van der Waals surface area contributed by atoms with Crippen molar-refractivity contribution in [2.75, 3.05) is 26.2 Å². The molecule has 3 N–H and O–H groups in total. The van der Waals surface area contributed by atoms with E-state index >= 15 is 0 Å². The lowest BCUT2D eigenvalue weighted by Crippen LogP contribution is -2.44. The van der Waals surface area contributed by atoms with Crippen molar-refractivity contribution in [3.8, 4) is 5.75 Å². The molecule has 0 saturated carbocycles. The van der Waals surface area contributed by atoms with Gasteiger partial charge in [-0.1, -0.05) is 11.6 Å². The van der Waals surface area contributed by atoms with Crippen LogP contribution in [-0.4, -0.2) is 44.1 Å². The maximum atomic E-state index is 12.1. The standard InChI is InChI=1S/C19H31ClN4O2/c1-6-21-17(25)19(4,5)13-24-18(22-7-2)23-12-14(3)26-16-10-8-15(20)9-11-16/h8-11,14H,6-7,12-13H2,1-5H3,(H,21,25)(H2,22,23,24). The van der Waals surface area contributed by atoms with E-state index in [0.29, 0.717) is 30.6 Å². The molecule has 26 heavy (non-hydrogen) atoms. The third-order valence-electron chi connectivity index (χ3n) is 3.64. The molecule has 0 heterocycles. The highest BCUT2D eigenvalue weighted by Crippen LogP contribution is 2.17. The second-order valence-corrected chi connectivity index (χ2v) is 7.14. The average Bonchev–Trinajstić information content (AvgIpc) is 2.59. The van der Waals surface area contributed by atoms with Crippen LogP contribution in [-0.2, 0) is 4.79 Å². The molecule has 1 aromatic rings. The molecule has 0 aliphatic heterocycles.